The van der Waals surface area contributed by atoms with Gasteiger partial charge in [0.25, 0.3) is 0 Å². The average molecular weight is 293 g/mol. The van der Waals surface area contributed by atoms with E-state index in [0.717, 1.165) is 42.4 Å². The summed E-state index contributed by atoms with van der Waals surface area (Å²) in [6.45, 7) is 5.74. The third kappa shape index (κ3) is 5.21. The summed E-state index contributed by atoms with van der Waals surface area (Å²) in [7, 11) is 0. The van der Waals surface area contributed by atoms with Crippen molar-refractivity contribution < 1.29 is 14.2 Å². The Labute approximate surface area is 127 Å². The highest BCUT2D eigenvalue weighted by molar-refractivity contribution is 5.47. The summed E-state index contributed by atoms with van der Waals surface area (Å²) in [5, 5.41) is 0. The van der Waals surface area contributed by atoms with Crippen LogP contribution in [0.4, 0.5) is 0 Å². The molecule has 1 aromatic carbocycles. The maximum absolute atomic E-state index is 6.07. The van der Waals surface area contributed by atoms with Gasteiger partial charge in [-0.2, -0.15) is 0 Å². The lowest BCUT2D eigenvalue weighted by molar-refractivity contribution is 0.00782. The molecule has 0 radical (unpaired) electrons. The Hall–Kier alpha value is -1.26. The number of nitrogens with two attached hydrogens (primary N) is 1. The summed E-state index contributed by atoms with van der Waals surface area (Å²) in [5.74, 6) is 2.29. The highest BCUT2D eigenvalue weighted by Gasteiger charge is 2.21. The third-order valence-corrected chi connectivity index (χ3v) is 3.70. The van der Waals surface area contributed by atoms with E-state index in [0.29, 0.717) is 6.61 Å². The van der Waals surface area contributed by atoms with Gasteiger partial charge in [0.2, 0.25) is 0 Å². The quantitative estimate of drug-likeness (QED) is 0.532. The van der Waals surface area contributed by atoms with E-state index in [9.17, 15) is 0 Å². The van der Waals surface area contributed by atoms with Gasteiger partial charge in [0.1, 0.15) is 0 Å². The van der Waals surface area contributed by atoms with E-state index in [4.69, 9.17) is 19.9 Å². The van der Waals surface area contributed by atoms with Gasteiger partial charge in [0.15, 0.2) is 18.3 Å². The predicted octanol–water partition coefficient (Wildman–Crippen LogP) is 3.13. The summed E-state index contributed by atoms with van der Waals surface area (Å²) in [4.78, 5) is 0. The van der Waals surface area contributed by atoms with Crippen molar-refractivity contribution in [1.82, 2.24) is 0 Å². The minimum atomic E-state index is 0.136. The molecule has 0 aliphatic heterocycles. The molecule has 0 spiro atoms. The molecule has 21 heavy (non-hydrogen) atoms. The Bertz CT molecular complexity index is 432. The predicted molar refractivity (Wildman–Crippen MR) is 83.8 cm³/mol. The number of rotatable bonds is 10. The fraction of sp³-hybridized carbons (Fsp3) is 0.647. The Morgan fingerprint density at radius 2 is 2.05 bits per heavy atom. The summed E-state index contributed by atoms with van der Waals surface area (Å²) in [5.41, 5.74) is 7.16. The van der Waals surface area contributed by atoms with Gasteiger partial charge in [-0.05, 0) is 50.2 Å². The van der Waals surface area contributed by atoms with E-state index in [1.165, 1.54) is 12.8 Å². The van der Waals surface area contributed by atoms with E-state index >= 15 is 0 Å². The molecule has 1 aromatic rings. The highest BCUT2D eigenvalue weighted by atomic mass is 16.7. The van der Waals surface area contributed by atoms with E-state index < -0.39 is 0 Å². The molecule has 0 heterocycles. The Morgan fingerprint density at radius 3 is 2.71 bits per heavy atom. The van der Waals surface area contributed by atoms with Crippen LogP contribution >= 0.6 is 0 Å². The molecule has 1 atom stereocenters. The van der Waals surface area contributed by atoms with Crippen molar-refractivity contribution in [1.29, 1.82) is 0 Å². The van der Waals surface area contributed by atoms with E-state index in [2.05, 4.69) is 6.92 Å². The van der Waals surface area contributed by atoms with Crippen molar-refractivity contribution in [2.24, 2.45) is 11.7 Å². The maximum atomic E-state index is 6.07. The molecule has 0 aromatic heterocycles. The molecule has 4 heteroatoms. The number of ether oxygens (including phenoxy) is 3. The topological polar surface area (TPSA) is 53.7 Å². The Kier molecular flexibility index (Phi) is 6.33. The molecule has 1 fully saturated rings. The molecule has 1 saturated carbocycles. The lowest BCUT2D eigenvalue weighted by atomic mass is 10.0. The second-order valence-corrected chi connectivity index (χ2v) is 5.63. The van der Waals surface area contributed by atoms with Crippen LogP contribution in [0.5, 0.6) is 11.5 Å². The fourth-order valence-corrected chi connectivity index (χ4v) is 2.18. The SMILES string of the molecule is CCOc1cccc(CC(N)CC)c1OCOCC1CC1. The average Bonchev–Trinajstić information content (AvgIpc) is 3.30. The number of hydrogen-bond donors (Lipinski definition) is 1. The van der Waals surface area contributed by atoms with Crippen molar-refractivity contribution in [3.8, 4) is 11.5 Å². The van der Waals surface area contributed by atoms with E-state index in [1.807, 2.05) is 25.1 Å². The lowest BCUT2D eigenvalue weighted by Gasteiger charge is -2.17. The summed E-state index contributed by atoms with van der Waals surface area (Å²) in [6.07, 6.45) is 4.30. The van der Waals surface area contributed by atoms with Crippen LogP contribution in [0.15, 0.2) is 18.2 Å². The number of benzene rings is 1. The van der Waals surface area contributed by atoms with Crippen LogP contribution in [0.25, 0.3) is 0 Å². The van der Waals surface area contributed by atoms with Crippen molar-refractivity contribution in [2.75, 3.05) is 20.0 Å². The summed E-state index contributed by atoms with van der Waals surface area (Å²) >= 11 is 0. The zero-order chi connectivity index (χ0) is 15.1. The van der Waals surface area contributed by atoms with Crippen LogP contribution in [0, 0.1) is 5.92 Å². The van der Waals surface area contributed by atoms with Crippen LogP contribution < -0.4 is 15.2 Å². The van der Waals surface area contributed by atoms with Crippen LogP contribution in [-0.2, 0) is 11.2 Å². The third-order valence-electron chi connectivity index (χ3n) is 3.70. The monoisotopic (exact) mass is 293 g/mol. The van der Waals surface area contributed by atoms with Gasteiger partial charge >= 0.3 is 0 Å². The molecule has 2 rings (SSSR count). The second kappa shape index (κ2) is 8.25. The molecular weight excluding hydrogens is 266 g/mol. The molecule has 2 N–H and O–H groups in total. The standard InChI is InChI=1S/C17H27NO3/c1-3-15(18)10-14-6-5-7-16(20-4-2)17(14)21-12-19-11-13-8-9-13/h5-7,13,15H,3-4,8-12,18H2,1-2H3. The molecule has 1 aliphatic carbocycles. The molecule has 118 valence electrons. The number of hydrogen-bond acceptors (Lipinski definition) is 4. The Morgan fingerprint density at radius 1 is 1.24 bits per heavy atom. The maximum Gasteiger partial charge on any atom is 0.189 e. The molecule has 0 amide bonds. The molecule has 4 nitrogen and oxygen atoms in total. The Balaban J connectivity index is 2.00. The first kappa shape index (κ1) is 16.1. The second-order valence-electron chi connectivity index (χ2n) is 5.63. The largest absolute Gasteiger partial charge is 0.490 e. The molecule has 1 aliphatic rings. The smallest absolute Gasteiger partial charge is 0.189 e. The van der Waals surface area contributed by atoms with E-state index in [-0.39, 0.29) is 12.8 Å². The highest BCUT2D eigenvalue weighted by Crippen LogP contribution is 2.33. The normalized spacial score (nSPS) is 15.8. The lowest BCUT2D eigenvalue weighted by Crippen LogP contribution is -2.22. The zero-order valence-electron chi connectivity index (χ0n) is 13.1. The van der Waals surface area contributed by atoms with Gasteiger partial charge in [0.05, 0.1) is 13.2 Å². The van der Waals surface area contributed by atoms with Crippen LogP contribution in [0.1, 0.15) is 38.7 Å². The van der Waals surface area contributed by atoms with Gasteiger partial charge in [-0.3, -0.25) is 0 Å². The van der Waals surface area contributed by atoms with Crippen LogP contribution in [-0.4, -0.2) is 26.0 Å². The van der Waals surface area contributed by atoms with Gasteiger partial charge in [-0.1, -0.05) is 19.1 Å². The zero-order valence-corrected chi connectivity index (χ0v) is 13.1. The summed E-state index contributed by atoms with van der Waals surface area (Å²) < 4.78 is 17.1. The van der Waals surface area contributed by atoms with Crippen molar-refractivity contribution in [3.63, 3.8) is 0 Å². The van der Waals surface area contributed by atoms with Gasteiger partial charge in [-0.15, -0.1) is 0 Å². The first-order valence-corrected chi connectivity index (χ1v) is 7.95. The minimum Gasteiger partial charge on any atom is -0.490 e. The van der Waals surface area contributed by atoms with E-state index in [1.54, 1.807) is 0 Å². The van der Waals surface area contributed by atoms with Crippen LogP contribution in [0.3, 0.4) is 0 Å². The van der Waals surface area contributed by atoms with Crippen LogP contribution in [0.2, 0.25) is 0 Å². The van der Waals surface area contributed by atoms with Gasteiger partial charge in [-0.25, -0.2) is 0 Å². The number of para-hydroxylation sites is 1. The van der Waals surface area contributed by atoms with Crippen molar-refractivity contribution in [3.05, 3.63) is 23.8 Å². The molecule has 0 bridgehead atoms. The first-order chi connectivity index (χ1) is 10.2. The first-order valence-electron chi connectivity index (χ1n) is 7.95. The molecule has 1 unspecified atom stereocenters. The molecular formula is C17H27NO3. The van der Waals surface area contributed by atoms with Crippen molar-refractivity contribution >= 4 is 0 Å². The van der Waals surface area contributed by atoms with Gasteiger partial charge in [0, 0.05) is 6.04 Å². The molecule has 0 saturated heterocycles. The van der Waals surface area contributed by atoms with Gasteiger partial charge < -0.3 is 19.9 Å². The fourth-order valence-electron chi connectivity index (χ4n) is 2.18. The van der Waals surface area contributed by atoms with Crippen molar-refractivity contribution in [2.45, 2.75) is 45.6 Å². The summed E-state index contributed by atoms with van der Waals surface area (Å²) in [6, 6.07) is 6.10. The minimum absolute atomic E-state index is 0.136.